The Hall–Kier alpha value is -3.36. The fraction of sp³-hybridized carbons (Fsp3) is 0.143. The molecule has 26 heavy (non-hydrogen) atoms. The number of phenolic OH excluding ortho intramolecular Hbond substituents is 1. The van der Waals surface area contributed by atoms with E-state index in [0.717, 1.165) is 5.56 Å². The van der Waals surface area contributed by atoms with Gasteiger partial charge in [-0.2, -0.15) is 5.26 Å². The van der Waals surface area contributed by atoms with Gasteiger partial charge in [-0.25, -0.2) is 4.98 Å². The molecule has 2 aromatic carbocycles. The molecule has 1 aromatic heterocycles. The van der Waals surface area contributed by atoms with Gasteiger partial charge in [-0.3, -0.25) is 0 Å². The number of nitrogens with zero attached hydrogens (tertiary/aromatic N) is 2. The molecule has 0 aliphatic heterocycles. The fourth-order valence-corrected chi connectivity index (χ4v) is 2.81. The summed E-state index contributed by atoms with van der Waals surface area (Å²) in [6.07, 6.45) is 0.569. The molecule has 5 nitrogen and oxygen atoms in total. The van der Waals surface area contributed by atoms with Crippen molar-refractivity contribution >= 4 is 5.82 Å². The van der Waals surface area contributed by atoms with Crippen molar-refractivity contribution in [1.29, 1.82) is 5.26 Å². The van der Waals surface area contributed by atoms with E-state index in [-0.39, 0.29) is 24.6 Å². The van der Waals surface area contributed by atoms with E-state index in [0.29, 0.717) is 23.2 Å². The third kappa shape index (κ3) is 3.82. The maximum atomic E-state index is 10.1. The minimum absolute atomic E-state index is 0. The minimum Gasteiger partial charge on any atom is -0.507 e. The first-order chi connectivity index (χ1) is 12.1. The second kappa shape index (κ2) is 8.15. The number of benzene rings is 2. The predicted molar refractivity (Wildman–Crippen MR) is 104 cm³/mol. The molecule has 5 heteroatoms. The molecule has 1 heterocycles. The van der Waals surface area contributed by atoms with Crippen LogP contribution in [0.15, 0.2) is 60.7 Å². The maximum Gasteiger partial charge on any atom is 0.142 e. The quantitative estimate of drug-likeness (QED) is 0.666. The summed E-state index contributed by atoms with van der Waals surface area (Å²) in [6, 6.07) is 20.1. The Morgan fingerprint density at radius 2 is 1.73 bits per heavy atom. The highest BCUT2D eigenvalue weighted by molar-refractivity contribution is 5.71. The van der Waals surface area contributed by atoms with Gasteiger partial charge in [0.15, 0.2) is 0 Å². The van der Waals surface area contributed by atoms with Crippen molar-refractivity contribution in [1.82, 2.24) is 4.98 Å². The Labute approximate surface area is 153 Å². The number of nitrogen functional groups attached to an aromatic ring is 1. The zero-order chi connectivity index (χ0) is 17.8. The number of hydrogen-bond donors (Lipinski definition) is 3. The van der Waals surface area contributed by atoms with Crippen LogP contribution in [-0.4, -0.2) is 10.1 Å². The Morgan fingerprint density at radius 3 is 2.38 bits per heavy atom. The van der Waals surface area contributed by atoms with Crippen LogP contribution in [0.5, 0.6) is 5.75 Å². The summed E-state index contributed by atoms with van der Waals surface area (Å²) in [5.74, 6) is 0.212. The topological polar surface area (TPSA) is 109 Å². The van der Waals surface area contributed by atoms with Crippen molar-refractivity contribution in [3.63, 3.8) is 0 Å². The van der Waals surface area contributed by atoms with Gasteiger partial charge in [0.05, 0.1) is 11.3 Å². The average Bonchev–Trinajstić information content (AvgIpc) is 2.62. The molecule has 0 aliphatic carbocycles. The van der Waals surface area contributed by atoms with E-state index < -0.39 is 6.04 Å². The molecule has 0 fully saturated rings. The number of aromatic nitrogens is 1. The van der Waals surface area contributed by atoms with E-state index in [1.54, 1.807) is 30.3 Å². The number of anilines is 1. The van der Waals surface area contributed by atoms with E-state index in [2.05, 4.69) is 11.1 Å². The summed E-state index contributed by atoms with van der Waals surface area (Å²) in [5, 5.41) is 19.5. The summed E-state index contributed by atoms with van der Waals surface area (Å²) >= 11 is 0. The number of pyridine rings is 1. The van der Waals surface area contributed by atoms with Gasteiger partial charge < -0.3 is 16.6 Å². The van der Waals surface area contributed by atoms with Crippen molar-refractivity contribution in [3.05, 3.63) is 77.4 Å². The third-order valence-electron chi connectivity index (χ3n) is 4.07. The van der Waals surface area contributed by atoms with Crippen molar-refractivity contribution in [2.45, 2.75) is 19.9 Å². The SMILES string of the molecule is C.N#Cc1c([C@@H](N)Cc2ccccc2)cc(-c2ccccc2O)nc1N. The van der Waals surface area contributed by atoms with Gasteiger partial charge in [0.25, 0.3) is 0 Å². The van der Waals surface area contributed by atoms with Crippen LogP contribution in [0.3, 0.4) is 0 Å². The Kier molecular flexibility index (Phi) is 5.94. The number of aromatic hydroxyl groups is 1. The Balaban J connectivity index is 0.00000243. The summed E-state index contributed by atoms with van der Waals surface area (Å²) in [7, 11) is 0. The third-order valence-corrected chi connectivity index (χ3v) is 4.07. The molecule has 0 bridgehead atoms. The van der Waals surface area contributed by atoms with Crippen LogP contribution in [0, 0.1) is 11.3 Å². The highest BCUT2D eigenvalue weighted by atomic mass is 16.3. The normalized spacial score (nSPS) is 11.2. The van der Waals surface area contributed by atoms with Crippen molar-refractivity contribution < 1.29 is 5.11 Å². The molecule has 3 aromatic rings. The number of nitrogens with two attached hydrogens (primary N) is 2. The number of para-hydroxylation sites is 1. The molecule has 0 aliphatic rings. The largest absolute Gasteiger partial charge is 0.507 e. The first-order valence-corrected chi connectivity index (χ1v) is 7.88. The van der Waals surface area contributed by atoms with Gasteiger partial charge in [0.2, 0.25) is 0 Å². The van der Waals surface area contributed by atoms with Crippen LogP contribution in [0.25, 0.3) is 11.3 Å². The molecule has 132 valence electrons. The van der Waals surface area contributed by atoms with Gasteiger partial charge >= 0.3 is 0 Å². The smallest absolute Gasteiger partial charge is 0.142 e. The van der Waals surface area contributed by atoms with E-state index >= 15 is 0 Å². The molecule has 1 atom stereocenters. The van der Waals surface area contributed by atoms with Crippen LogP contribution in [0.2, 0.25) is 0 Å². The van der Waals surface area contributed by atoms with Gasteiger partial charge in [-0.1, -0.05) is 49.9 Å². The molecular formula is C21H22N4O. The van der Waals surface area contributed by atoms with Crippen LogP contribution < -0.4 is 11.5 Å². The highest BCUT2D eigenvalue weighted by Crippen LogP contribution is 2.32. The lowest BCUT2D eigenvalue weighted by Crippen LogP contribution is -2.16. The summed E-state index contributed by atoms with van der Waals surface area (Å²) in [6.45, 7) is 0. The molecule has 0 amide bonds. The predicted octanol–water partition coefficient (Wildman–Crippen LogP) is 3.79. The van der Waals surface area contributed by atoms with Gasteiger partial charge in [-0.05, 0) is 35.7 Å². The van der Waals surface area contributed by atoms with E-state index in [1.807, 2.05) is 30.3 Å². The standard InChI is InChI=1S/C20H18N4O.CH4/c21-12-16-15(17(22)10-13-6-2-1-3-7-13)11-18(24-20(16)23)14-8-4-5-9-19(14)25;/h1-9,11,17,25H,10,22H2,(H2,23,24);1H4/t17-;/m0./s1. The molecule has 0 unspecified atom stereocenters. The average molecular weight is 346 g/mol. The second-order valence-corrected chi connectivity index (χ2v) is 5.78. The lowest BCUT2D eigenvalue weighted by Gasteiger charge is -2.16. The number of hydrogen-bond acceptors (Lipinski definition) is 5. The highest BCUT2D eigenvalue weighted by Gasteiger charge is 2.18. The van der Waals surface area contributed by atoms with Gasteiger partial charge in [0.1, 0.15) is 17.6 Å². The number of rotatable bonds is 4. The lowest BCUT2D eigenvalue weighted by molar-refractivity contribution is 0.477. The Morgan fingerprint density at radius 1 is 1.08 bits per heavy atom. The first-order valence-electron chi connectivity index (χ1n) is 7.88. The molecule has 0 spiro atoms. The minimum atomic E-state index is -0.410. The van der Waals surface area contributed by atoms with Crippen molar-refractivity contribution in [2.75, 3.05) is 5.73 Å². The fourth-order valence-electron chi connectivity index (χ4n) is 2.81. The van der Waals surface area contributed by atoms with E-state index in [9.17, 15) is 10.4 Å². The van der Waals surface area contributed by atoms with Gasteiger partial charge in [-0.15, -0.1) is 0 Å². The molecule has 3 rings (SSSR count). The van der Waals surface area contributed by atoms with Crippen LogP contribution in [-0.2, 0) is 6.42 Å². The molecule has 0 saturated heterocycles. The van der Waals surface area contributed by atoms with Gasteiger partial charge in [0, 0.05) is 11.6 Å². The zero-order valence-corrected chi connectivity index (χ0v) is 13.6. The maximum absolute atomic E-state index is 10.1. The van der Waals surface area contributed by atoms with Crippen molar-refractivity contribution in [3.8, 4) is 23.1 Å². The van der Waals surface area contributed by atoms with Crippen LogP contribution >= 0.6 is 0 Å². The lowest BCUT2D eigenvalue weighted by atomic mass is 9.94. The molecular weight excluding hydrogens is 324 g/mol. The molecule has 5 N–H and O–H groups in total. The molecule has 0 radical (unpaired) electrons. The monoisotopic (exact) mass is 346 g/mol. The van der Waals surface area contributed by atoms with Crippen molar-refractivity contribution in [2.24, 2.45) is 5.73 Å². The summed E-state index contributed by atoms with van der Waals surface area (Å²) in [4.78, 5) is 4.26. The van der Waals surface area contributed by atoms with Crippen LogP contribution in [0.1, 0.15) is 30.2 Å². The molecule has 0 saturated carbocycles. The Bertz CT molecular complexity index is 932. The first kappa shape index (κ1) is 19.0. The van der Waals surface area contributed by atoms with Crippen LogP contribution in [0.4, 0.5) is 5.82 Å². The number of phenols is 1. The summed E-state index contributed by atoms with van der Waals surface area (Å²) < 4.78 is 0. The zero-order valence-electron chi connectivity index (χ0n) is 13.6. The summed E-state index contributed by atoms with van der Waals surface area (Å²) in [5.41, 5.74) is 15.4. The second-order valence-electron chi connectivity index (χ2n) is 5.78. The number of nitriles is 1. The van der Waals surface area contributed by atoms with E-state index in [1.165, 1.54) is 0 Å². The van der Waals surface area contributed by atoms with E-state index in [4.69, 9.17) is 11.5 Å².